The van der Waals surface area contributed by atoms with E-state index in [2.05, 4.69) is 21.2 Å². The zero-order valence-electron chi connectivity index (χ0n) is 12.6. The Labute approximate surface area is 134 Å². The number of hydrogen-bond donors (Lipinski definition) is 2. The summed E-state index contributed by atoms with van der Waals surface area (Å²) < 4.78 is 6.12. The molecule has 0 spiro atoms. The minimum absolute atomic E-state index is 0.0182. The van der Waals surface area contributed by atoms with Gasteiger partial charge in [-0.3, -0.25) is 4.79 Å². The van der Waals surface area contributed by atoms with Gasteiger partial charge in [-0.15, -0.1) is 0 Å². The van der Waals surface area contributed by atoms with Crippen molar-refractivity contribution in [2.75, 3.05) is 7.11 Å². The van der Waals surface area contributed by atoms with Crippen LogP contribution in [0.25, 0.3) is 0 Å². The van der Waals surface area contributed by atoms with E-state index in [4.69, 9.17) is 10.5 Å². The van der Waals surface area contributed by atoms with Crippen molar-refractivity contribution in [3.63, 3.8) is 0 Å². The molecule has 1 aliphatic rings. The molecule has 1 fully saturated rings. The SMILES string of the molecule is COc1ccc(C(C)NC(=O)C2CCC(N)CC2)cc1Br. The van der Waals surface area contributed by atoms with Crippen LogP contribution in [0, 0.1) is 5.92 Å². The van der Waals surface area contributed by atoms with Crippen molar-refractivity contribution in [1.29, 1.82) is 0 Å². The Morgan fingerprint density at radius 1 is 1.38 bits per heavy atom. The zero-order valence-corrected chi connectivity index (χ0v) is 14.2. The van der Waals surface area contributed by atoms with Gasteiger partial charge in [0, 0.05) is 12.0 Å². The van der Waals surface area contributed by atoms with E-state index in [1.807, 2.05) is 25.1 Å². The number of hydrogen-bond acceptors (Lipinski definition) is 3. The highest BCUT2D eigenvalue weighted by molar-refractivity contribution is 9.10. The molecular formula is C16H23BrN2O2. The third kappa shape index (κ3) is 4.20. The first-order valence-electron chi connectivity index (χ1n) is 7.40. The highest BCUT2D eigenvalue weighted by Gasteiger charge is 2.25. The molecule has 2 rings (SSSR count). The van der Waals surface area contributed by atoms with Gasteiger partial charge in [0.25, 0.3) is 0 Å². The predicted octanol–water partition coefficient (Wildman–Crippen LogP) is 3.15. The number of ether oxygens (including phenoxy) is 1. The molecule has 116 valence electrons. The standard InChI is InChI=1S/C16H23BrN2O2/c1-10(12-5-8-15(21-2)14(17)9-12)19-16(20)11-3-6-13(18)7-4-11/h5,8-11,13H,3-4,6-7,18H2,1-2H3,(H,19,20). The Morgan fingerprint density at radius 2 is 2.05 bits per heavy atom. The van der Waals surface area contributed by atoms with E-state index in [0.29, 0.717) is 0 Å². The molecule has 1 unspecified atom stereocenters. The highest BCUT2D eigenvalue weighted by atomic mass is 79.9. The lowest BCUT2D eigenvalue weighted by atomic mass is 9.85. The maximum Gasteiger partial charge on any atom is 0.223 e. The van der Waals surface area contributed by atoms with Gasteiger partial charge >= 0.3 is 0 Å². The fourth-order valence-corrected chi connectivity index (χ4v) is 3.31. The van der Waals surface area contributed by atoms with Gasteiger partial charge in [0.2, 0.25) is 5.91 Å². The number of amides is 1. The predicted molar refractivity (Wildman–Crippen MR) is 87.2 cm³/mol. The summed E-state index contributed by atoms with van der Waals surface area (Å²) in [6.07, 6.45) is 3.68. The van der Waals surface area contributed by atoms with Crippen molar-refractivity contribution in [2.45, 2.75) is 44.7 Å². The summed E-state index contributed by atoms with van der Waals surface area (Å²) in [7, 11) is 1.64. The molecule has 21 heavy (non-hydrogen) atoms. The van der Waals surface area contributed by atoms with Crippen LogP contribution in [0.4, 0.5) is 0 Å². The van der Waals surface area contributed by atoms with E-state index in [-0.39, 0.29) is 23.9 Å². The molecule has 4 nitrogen and oxygen atoms in total. The summed E-state index contributed by atoms with van der Waals surface area (Å²) in [5.74, 6) is 1.04. The number of carbonyl (C=O) groups is 1. The Bertz CT molecular complexity index is 499. The summed E-state index contributed by atoms with van der Waals surface area (Å²) in [5, 5.41) is 3.10. The normalized spacial score (nSPS) is 23.4. The van der Waals surface area contributed by atoms with E-state index in [0.717, 1.165) is 41.5 Å². The number of methoxy groups -OCH3 is 1. The lowest BCUT2D eigenvalue weighted by Crippen LogP contribution is -2.37. The van der Waals surface area contributed by atoms with E-state index in [1.165, 1.54) is 0 Å². The smallest absolute Gasteiger partial charge is 0.223 e. The molecule has 1 aliphatic carbocycles. The fourth-order valence-electron chi connectivity index (χ4n) is 2.75. The number of nitrogens with one attached hydrogen (secondary N) is 1. The minimum Gasteiger partial charge on any atom is -0.496 e. The molecule has 0 aliphatic heterocycles. The second-order valence-electron chi connectivity index (χ2n) is 5.74. The maximum absolute atomic E-state index is 12.3. The molecule has 0 bridgehead atoms. The quantitative estimate of drug-likeness (QED) is 0.872. The van der Waals surface area contributed by atoms with E-state index in [9.17, 15) is 4.79 Å². The Hall–Kier alpha value is -1.07. The van der Waals surface area contributed by atoms with Gasteiger partial charge in [0.15, 0.2) is 0 Å². The molecule has 1 aromatic carbocycles. The first-order valence-corrected chi connectivity index (χ1v) is 8.20. The van der Waals surface area contributed by atoms with Crippen molar-refractivity contribution in [1.82, 2.24) is 5.32 Å². The van der Waals surface area contributed by atoms with Crippen molar-refractivity contribution < 1.29 is 9.53 Å². The molecule has 1 aromatic rings. The zero-order chi connectivity index (χ0) is 15.4. The second-order valence-corrected chi connectivity index (χ2v) is 6.59. The van der Waals surface area contributed by atoms with Gasteiger partial charge in [-0.2, -0.15) is 0 Å². The number of nitrogens with two attached hydrogens (primary N) is 1. The maximum atomic E-state index is 12.3. The summed E-state index contributed by atoms with van der Waals surface area (Å²) >= 11 is 3.47. The Morgan fingerprint density at radius 3 is 2.62 bits per heavy atom. The van der Waals surface area contributed by atoms with Crippen LogP contribution in [0.5, 0.6) is 5.75 Å². The van der Waals surface area contributed by atoms with Crippen molar-refractivity contribution >= 4 is 21.8 Å². The number of carbonyl (C=O) groups excluding carboxylic acids is 1. The third-order valence-electron chi connectivity index (χ3n) is 4.18. The van der Waals surface area contributed by atoms with E-state index >= 15 is 0 Å². The minimum atomic E-state index is -0.0182. The molecule has 1 saturated carbocycles. The molecule has 1 amide bonds. The first kappa shape index (κ1) is 16.3. The Balaban J connectivity index is 1.96. The molecule has 0 radical (unpaired) electrons. The molecule has 0 aromatic heterocycles. The van der Waals surface area contributed by atoms with Crippen LogP contribution in [0.3, 0.4) is 0 Å². The summed E-state index contributed by atoms with van der Waals surface area (Å²) in [4.78, 5) is 12.3. The lowest BCUT2D eigenvalue weighted by molar-refractivity contribution is -0.126. The molecule has 0 heterocycles. The second kappa shape index (κ2) is 7.27. The Kier molecular flexibility index (Phi) is 5.65. The number of rotatable bonds is 4. The van der Waals surface area contributed by atoms with Crippen LogP contribution in [-0.2, 0) is 4.79 Å². The topological polar surface area (TPSA) is 64.3 Å². The van der Waals surface area contributed by atoms with Gasteiger partial charge in [0.05, 0.1) is 17.6 Å². The summed E-state index contributed by atoms with van der Waals surface area (Å²) in [6, 6.07) is 6.12. The molecule has 0 saturated heterocycles. The highest BCUT2D eigenvalue weighted by Crippen LogP contribution is 2.29. The average Bonchev–Trinajstić information content (AvgIpc) is 2.47. The summed E-state index contributed by atoms with van der Waals surface area (Å²) in [5.41, 5.74) is 6.94. The van der Waals surface area contributed by atoms with Gasteiger partial charge < -0.3 is 15.8 Å². The molecular weight excluding hydrogens is 332 g/mol. The number of benzene rings is 1. The monoisotopic (exact) mass is 354 g/mol. The molecule has 5 heteroatoms. The summed E-state index contributed by atoms with van der Waals surface area (Å²) in [6.45, 7) is 2.00. The average molecular weight is 355 g/mol. The molecule has 3 N–H and O–H groups in total. The van der Waals surface area contributed by atoms with Gasteiger partial charge in [0.1, 0.15) is 5.75 Å². The van der Waals surface area contributed by atoms with Crippen molar-refractivity contribution in [3.8, 4) is 5.75 Å². The van der Waals surface area contributed by atoms with Gasteiger partial charge in [-0.25, -0.2) is 0 Å². The lowest BCUT2D eigenvalue weighted by Gasteiger charge is -2.26. The largest absolute Gasteiger partial charge is 0.496 e. The van der Waals surface area contributed by atoms with E-state index in [1.54, 1.807) is 7.11 Å². The van der Waals surface area contributed by atoms with Crippen LogP contribution in [0.15, 0.2) is 22.7 Å². The van der Waals surface area contributed by atoms with Crippen LogP contribution < -0.4 is 15.8 Å². The van der Waals surface area contributed by atoms with Crippen molar-refractivity contribution in [3.05, 3.63) is 28.2 Å². The first-order chi connectivity index (χ1) is 10.0. The molecule has 1 atom stereocenters. The van der Waals surface area contributed by atoms with Crippen LogP contribution in [-0.4, -0.2) is 19.1 Å². The van der Waals surface area contributed by atoms with Crippen LogP contribution in [0.2, 0.25) is 0 Å². The third-order valence-corrected chi connectivity index (χ3v) is 4.80. The van der Waals surface area contributed by atoms with Crippen LogP contribution >= 0.6 is 15.9 Å². The number of halogens is 1. The van der Waals surface area contributed by atoms with Crippen LogP contribution in [0.1, 0.15) is 44.2 Å². The fraction of sp³-hybridized carbons (Fsp3) is 0.562. The van der Waals surface area contributed by atoms with Gasteiger partial charge in [-0.1, -0.05) is 6.07 Å². The van der Waals surface area contributed by atoms with Crippen molar-refractivity contribution in [2.24, 2.45) is 11.7 Å². The van der Waals surface area contributed by atoms with E-state index < -0.39 is 0 Å². The van der Waals surface area contributed by atoms with Gasteiger partial charge in [-0.05, 0) is 66.2 Å².